The maximum Gasteiger partial charge on any atom is 0.310 e. The van der Waals surface area contributed by atoms with Gasteiger partial charge in [-0.3, -0.25) is 19.2 Å². The highest BCUT2D eigenvalue weighted by atomic mass is 16.5. The van der Waals surface area contributed by atoms with Crippen LogP contribution in [0.4, 0.5) is 0 Å². The van der Waals surface area contributed by atoms with Crippen LogP contribution in [0.15, 0.2) is 95.2 Å². The molecule has 0 aromatic carbocycles. The fraction of sp³-hybridized carbons (Fsp3) is 0.524. The van der Waals surface area contributed by atoms with Gasteiger partial charge in [0.05, 0.1) is 24.7 Å². The van der Waals surface area contributed by atoms with Crippen LogP contribution in [0.3, 0.4) is 0 Å². The van der Waals surface area contributed by atoms with Gasteiger partial charge >= 0.3 is 11.9 Å². The van der Waals surface area contributed by atoms with Crippen LogP contribution in [0.5, 0.6) is 0 Å². The molecule has 0 heterocycles. The summed E-state index contributed by atoms with van der Waals surface area (Å²) in [6, 6.07) is 0. The Morgan fingerprint density at radius 3 is 1.31 bits per heavy atom. The number of esters is 2. The summed E-state index contributed by atoms with van der Waals surface area (Å²) in [5.41, 5.74) is 5.61. The van der Waals surface area contributed by atoms with E-state index in [1.54, 1.807) is 12.2 Å². The number of allylic oxidation sites excluding steroid dienone is 12. The summed E-state index contributed by atoms with van der Waals surface area (Å²) in [4.78, 5) is 49.5. The van der Waals surface area contributed by atoms with Crippen molar-refractivity contribution in [2.24, 2.45) is 34.5 Å². The van der Waals surface area contributed by atoms with Crippen molar-refractivity contribution in [2.75, 3.05) is 0 Å². The van der Waals surface area contributed by atoms with Gasteiger partial charge in [0, 0.05) is 11.1 Å². The smallest absolute Gasteiger partial charge is 0.310 e. The SMILES string of the molecule is C=C/C=C/CC1=C(C)C(OC(=O)C2C(C=C(C)C)C2(C)C)CC1=O.C=C/C=C\CC1=C(C)[C@@H](OC(=O)[C@@H]2[C@@H](C=C(C)C)C2(C)C)CC1=O. The number of ketones is 2. The Kier molecular flexibility index (Phi) is 12.6. The molecule has 0 aliphatic heterocycles. The van der Waals surface area contributed by atoms with Crippen molar-refractivity contribution in [1.82, 2.24) is 0 Å². The molecule has 4 aliphatic carbocycles. The Balaban J connectivity index is 0.000000260. The highest BCUT2D eigenvalue weighted by molar-refractivity contribution is 6.00. The lowest BCUT2D eigenvalue weighted by Crippen LogP contribution is -2.20. The van der Waals surface area contributed by atoms with E-state index >= 15 is 0 Å². The molecule has 0 radical (unpaired) electrons. The first-order valence-corrected chi connectivity index (χ1v) is 17.1. The summed E-state index contributed by atoms with van der Waals surface area (Å²) in [5, 5.41) is 0. The fourth-order valence-corrected chi connectivity index (χ4v) is 7.11. The lowest BCUT2D eigenvalue weighted by Gasteiger charge is -2.13. The maximum atomic E-state index is 12.6. The van der Waals surface area contributed by atoms with E-state index < -0.39 is 12.2 Å². The Labute approximate surface area is 288 Å². The number of carbonyl (C=O) groups excluding carboxylic acids is 4. The molecule has 3 unspecified atom stereocenters. The minimum absolute atomic E-state index is 0.0654. The molecular weight excluding hydrogens is 600 g/mol. The summed E-state index contributed by atoms with van der Waals surface area (Å²) in [6.07, 6.45) is 16.0. The fourth-order valence-electron chi connectivity index (χ4n) is 7.11. The lowest BCUT2D eigenvalue weighted by atomic mass is 10.1. The van der Waals surface area contributed by atoms with E-state index in [0.29, 0.717) is 12.8 Å². The minimum atomic E-state index is -0.402. The first-order valence-electron chi connectivity index (χ1n) is 17.1. The van der Waals surface area contributed by atoms with Gasteiger partial charge < -0.3 is 9.47 Å². The lowest BCUT2D eigenvalue weighted by molar-refractivity contribution is -0.151. The predicted octanol–water partition coefficient (Wildman–Crippen LogP) is 9.12. The van der Waals surface area contributed by atoms with E-state index in [-0.39, 0.29) is 70.8 Å². The Morgan fingerprint density at radius 1 is 0.688 bits per heavy atom. The molecular formula is C42H56O6. The first kappa shape index (κ1) is 38.6. The molecule has 0 spiro atoms. The van der Waals surface area contributed by atoms with Crippen molar-refractivity contribution >= 4 is 23.5 Å². The third-order valence-corrected chi connectivity index (χ3v) is 10.4. The molecule has 2 fully saturated rings. The van der Waals surface area contributed by atoms with Gasteiger partial charge in [-0.1, -0.05) is 101 Å². The molecule has 0 bridgehead atoms. The van der Waals surface area contributed by atoms with Crippen molar-refractivity contribution in [2.45, 2.75) is 107 Å². The van der Waals surface area contributed by atoms with Crippen LogP contribution in [0.2, 0.25) is 0 Å². The van der Waals surface area contributed by atoms with Crippen molar-refractivity contribution in [3.05, 3.63) is 95.2 Å². The van der Waals surface area contributed by atoms with Crippen molar-refractivity contribution in [3.8, 4) is 0 Å². The topological polar surface area (TPSA) is 86.7 Å². The highest BCUT2D eigenvalue weighted by Crippen LogP contribution is 2.61. The molecule has 6 nitrogen and oxygen atoms in total. The molecule has 4 aliphatic rings. The van der Waals surface area contributed by atoms with E-state index in [2.05, 4.69) is 53.0 Å². The van der Waals surface area contributed by atoms with Crippen LogP contribution >= 0.6 is 0 Å². The quantitative estimate of drug-likeness (QED) is 0.118. The van der Waals surface area contributed by atoms with E-state index in [4.69, 9.17) is 9.47 Å². The normalized spacial score (nSPS) is 28.2. The van der Waals surface area contributed by atoms with Gasteiger partial charge in [-0.2, -0.15) is 0 Å². The molecule has 0 aromatic rings. The summed E-state index contributed by atoms with van der Waals surface area (Å²) < 4.78 is 11.4. The number of Topliss-reactive ketones (excluding diaryl/α,β-unsaturated/α-hetero) is 2. The van der Waals surface area contributed by atoms with Gasteiger partial charge in [-0.15, -0.1) is 0 Å². The third kappa shape index (κ3) is 8.80. The van der Waals surface area contributed by atoms with Crippen molar-refractivity contribution in [3.63, 3.8) is 0 Å². The Hall–Kier alpha value is -3.80. The molecule has 0 saturated heterocycles. The van der Waals surface area contributed by atoms with Gasteiger partial charge in [0.15, 0.2) is 11.6 Å². The van der Waals surface area contributed by atoms with E-state index in [1.165, 1.54) is 11.1 Å². The second kappa shape index (κ2) is 15.6. The average Bonchev–Trinajstić information content (AvgIpc) is 3.62. The van der Waals surface area contributed by atoms with Crippen LogP contribution in [-0.2, 0) is 28.7 Å². The molecule has 0 aromatic heterocycles. The zero-order chi connectivity index (χ0) is 36.1. The molecule has 2 saturated carbocycles. The van der Waals surface area contributed by atoms with Gasteiger partial charge in [-0.05, 0) is 88.2 Å². The average molecular weight is 657 g/mol. The van der Waals surface area contributed by atoms with E-state index in [0.717, 1.165) is 22.3 Å². The van der Waals surface area contributed by atoms with Crippen LogP contribution in [0, 0.1) is 34.5 Å². The zero-order valence-electron chi connectivity index (χ0n) is 30.8. The summed E-state index contributed by atoms with van der Waals surface area (Å²) in [5.74, 6) is 0.0349. The molecule has 0 N–H and O–H groups in total. The van der Waals surface area contributed by atoms with Crippen molar-refractivity contribution in [1.29, 1.82) is 0 Å². The van der Waals surface area contributed by atoms with Crippen LogP contribution in [-0.4, -0.2) is 35.7 Å². The van der Waals surface area contributed by atoms with Gasteiger partial charge in [0.1, 0.15) is 12.2 Å². The first-order chi connectivity index (χ1) is 22.4. The van der Waals surface area contributed by atoms with Gasteiger partial charge in [0.2, 0.25) is 0 Å². The number of rotatable bonds is 12. The second-order valence-corrected chi connectivity index (χ2v) is 15.3. The molecule has 48 heavy (non-hydrogen) atoms. The standard InChI is InChI=1S/2C21H28O3/c2*1-7-8-9-10-15-14(4)18(12-17(15)22)24-20(23)19-16(11-13(2)3)21(19,5)6/h2*7-9,11,16,18-19H,1,10,12H2,2-6H3/b9-8+;9-8-/t;16-,18+,19+/m.1/s1. The van der Waals surface area contributed by atoms with E-state index in [1.807, 2.05) is 65.8 Å². The van der Waals surface area contributed by atoms with Crippen LogP contribution in [0.1, 0.15) is 94.9 Å². The third-order valence-electron chi connectivity index (χ3n) is 10.4. The molecule has 260 valence electrons. The number of hydrogen-bond acceptors (Lipinski definition) is 6. The van der Waals surface area contributed by atoms with Crippen molar-refractivity contribution < 1.29 is 28.7 Å². The van der Waals surface area contributed by atoms with Gasteiger partial charge in [-0.25, -0.2) is 0 Å². The summed E-state index contributed by atoms with van der Waals surface area (Å²) >= 11 is 0. The summed E-state index contributed by atoms with van der Waals surface area (Å²) in [6.45, 7) is 27.6. The number of carbonyl (C=O) groups is 4. The van der Waals surface area contributed by atoms with Crippen LogP contribution in [0.25, 0.3) is 0 Å². The molecule has 6 atom stereocenters. The predicted molar refractivity (Wildman–Crippen MR) is 193 cm³/mol. The molecule has 6 heteroatoms. The molecule has 4 rings (SSSR count). The number of hydrogen-bond donors (Lipinski definition) is 0. The zero-order valence-corrected chi connectivity index (χ0v) is 30.8. The van der Waals surface area contributed by atoms with Gasteiger partial charge in [0.25, 0.3) is 0 Å². The highest BCUT2D eigenvalue weighted by Gasteiger charge is 2.62. The second-order valence-electron chi connectivity index (χ2n) is 15.3. The minimum Gasteiger partial charge on any atom is -0.457 e. The summed E-state index contributed by atoms with van der Waals surface area (Å²) in [7, 11) is 0. The Bertz CT molecular complexity index is 1400. The monoisotopic (exact) mass is 656 g/mol. The van der Waals surface area contributed by atoms with E-state index in [9.17, 15) is 19.2 Å². The molecule has 0 amide bonds. The Morgan fingerprint density at radius 2 is 1.02 bits per heavy atom. The maximum absolute atomic E-state index is 12.6. The largest absolute Gasteiger partial charge is 0.457 e. The number of ether oxygens (including phenoxy) is 2. The van der Waals surface area contributed by atoms with Crippen LogP contribution < -0.4 is 0 Å².